The van der Waals surface area contributed by atoms with Crippen molar-refractivity contribution in [1.82, 2.24) is 4.90 Å². The molecule has 2 aromatic rings. The molecule has 2 aliphatic heterocycles. The molecule has 2 saturated heterocycles. The summed E-state index contributed by atoms with van der Waals surface area (Å²) in [4.78, 5) is 28.9. The maximum Gasteiger partial charge on any atom is 0.325 e. The Kier molecular flexibility index (Phi) is 5.51. The van der Waals surface area contributed by atoms with Crippen molar-refractivity contribution in [3.63, 3.8) is 0 Å². The largest absolute Gasteiger partial charge is 0.325 e. The predicted octanol–water partition coefficient (Wildman–Crippen LogP) is 2.91. The van der Waals surface area contributed by atoms with E-state index in [2.05, 4.69) is 5.32 Å². The van der Waals surface area contributed by atoms with E-state index in [1.54, 1.807) is 4.90 Å². The summed E-state index contributed by atoms with van der Waals surface area (Å²) in [6.07, 6.45) is 0.874. The average molecular weight is 442 g/mol. The molecule has 0 aliphatic carbocycles. The van der Waals surface area contributed by atoms with Gasteiger partial charge in [0.15, 0.2) is 9.84 Å². The standard InChI is InChI=1S/C23H27N3O4S/c1-4-17-5-7-19(8-6-17)26-21-14-31(29,30)13-20(21)25(23(26)28)12-22(27)24-18-10-15(2)9-16(3)11-18/h5-11,20-21H,4,12-14H2,1-3H3,(H,24,27)/t20-,21+/m1/s1. The first-order chi connectivity index (χ1) is 14.7. The zero-order valence-electron chi connectivity index (χ0n) is 18.0. The lowest BCUT2D eigenvalue weighted by molar-refractivity contribution is -0.116. The van der Waals surface area contributed by atoms with E-state index in [9.17, 15) is 18.0 Å². The molecule has 31 heavy (non-hydrogen) atoms. The summed E-state index contributed by atoms with van der Waals surface area (Å²) in [7, 11) is -3.29. The smallest absolute Gasteiger partial charge is 0.325 e. The Hall–Kier alpha value is -2.87. The van der Waals surface area contributed by atoms with Gasteiger partial charge >= 0.3 is 6.03 Å². The molecule has 0 spiro atoms. The highest BCUT2D eigenvalue weighted by atomic mass is 32.2. The molecule has 2 aromatic carbocycles. The van der Waals surface area contributed by atoms with Crippen molar-refractivity contribution in [2.75, 3.05) is 28.3 Å². The second kappa shape index (κ2) is 8.00. The van der Waals surface area contributed by atoms with E-state index in [0.29, 0.717) is 11.4 Å². The summed E-state index contributed by atoms with van der Waals surface area (Å²) in [5.74, 6) is -0.553. The van der Waals surface area contributed by atoms with Crippen LogP contribution in [0.1, 0.15) is 23.6 Å². The van der Waals surface area contributed by atoms with Gasteiger partial charge in [0.2, 0.25) is 5.91 Å². The SMILES string of the molecule is CCc1ccc(N2C(=O)N(CC(=O)Nc3cc(C)cc(C)c3)[C@@H]3CS(=O)(=O)C[C@@H]32)cc1. The van der Waals surface area contributed by atoms with Crippen molar-refractivity contribution in [2.24, 2.45) is 0 Å². The van der Waals surface area contributed by atoms with Crippen molar-refractivity contribution < 1.29 is 18.0 Å². The van der Waals surface area contributed by atoms with Crippen LogP contribution in [0.2, 0.25) is 0 Å². The second-order valence-electron chi connectivity index (χ2n) is 8.44. The molecule has 2 heterocycles. The van der Waals surface area contributed by atoms with Crippen LogP contribution in [0.25, 0.3) is 0 Å². The molecule has 164 valence electrons. The molecule has 2 fully saturated rings. The number of carbonyl (C=O) groups is 2. The molecule has 0 saturated carbocycles. The molecule has 8 heteroatoms. The van der Waals surface area contributed by atoms with Crippen molar-refractivity contribution in [1.29, 1.82) is 0 Å². The van der Waals surface area contributed by atoms with E-state index in [1.165, 1.54) is 4.90 Å². The van der Waals surface area contributed by atoms with E-state index in [1.807, 2.05) is 63.2 Å². The molecule has 4 rings (SSSR count). The Morgan fingerprint density at radius 2 is 1.65 bits per heavy atom. The maximum absolute atomic E-state index is 13.3. The number of hydrogen-bond acceptors (Lipinski definition) is 4. The van der Waals surface area contributed by atoms with Gasteiger partial charge in [-0.1, -0.05) is 25.1 Å². The van der Waals surface area contributed by atoms with Gasteiger partial charge in [-0.15, -0.1) is 0 Å². The van der Waals surface area contributed by atoms with Crippen LogP contribution in [0.4, 0.5) is 16.2 Å². The minimum absolute atomic E-state index is 0.0892. The Morgan fingerprint density at radius 1 is 1.03 bits per heavy atom. The number of amides is 3. The summed E-state index contributed by atoms with van der Waals surface area (Å²) in [5, 5.41) is 2.84. The third kappa shape index (κ3) is 4.30. The van der Waals surface area contributed by atoms with E-state index in [0.717, 1.165) is 23.1 Å². The maximum atomic E-state index is 13.3. The summed E-state index contributed by atoms with van der Waals surface area (Å²) < 4.78 is 24.7. The predicted molar refractivity (Wildman–Crippen MR) is 121 cm³/mol. The molecular formula is C23H27N3O4S. The van der Waals surface area contributed by atoms with Gasteiger partial charge in [0.25, 0.3) is 0 Å². The lowest BCUT2D eigenvalue weighted by atomic mass is 10.1. The fourth-order valence-corrected chi connectivity index (χ4v) is 6.51. The number of urea groups is 1. The Balaban J connectivity index is 1.57. The van der Waals surface area contributed by atoms with Crippen molar-refractivity contribution in [2.45, 2.75) is 39.3 Å². The van der Waals surface area contributed by atoms with Crippen molar-refractivity contribution in [3.8, 4) is 0 Å². The lowest BCUT2D eigenvalue weighted by Gasteiger charge is -2.22. The quantitative estimate of drug-likeness (QED) is 0.723. The number of aryl methyl sites for hydroxylation is 3. The molecule has 0 bridgehead atoms. The molecule has 2 aliphatic rings. The topological polar surface area (TPSA) is 86.8 Å². The van der Waals surface area contributed by atoms with Gasteiger partial charge in [0.05, 0.1) is 23.6 Å². The molecular weight excluding hydrogens is 414 g/mol. The second-order valence-corrected chi connectivity index (χ2v) is 10.6. The molecule has 2 atom stereocenters. The van der Waals surface area contributed by atoms with Gasteiger partial charge in [-0.2, -0.15) is 0 Å². The Labute approximate surface area is 183 Å². The first-order valence-corrected chi connectivity index (χ1v) is 12.3. The lowest BCUT2D eigenvalue weighted by Crippen LogP contribution is -2.42. The zero-order valence-corrected chi connectivity index (χ0v) is 18.8. The average Bonchev–Trinajstić information content (AvgIpc) is 3.11. The molecule has 0 radical (unpaired) electrons. The van der Waals surface area contributed by atoms with E-state index >= 15 is 0 Å². The molecule has 0 unspecified atom stereocenters. The highest BCUT2D eigenvalue weighted by Crippen LogP contribution is 2.35. The van der Waals surface area contributed by atoms with Crippen LogP contribution >= 0.6 is 0 Å². The minimum atomic E-state index is -3.29. The normalized spacial score (nSPS) is 22.0. The third-order valence-corrected chi connectivity index (χ3v) is 7.62. The van der Waals surface area contributed by atoms with E-state index < -0.39 is 21.9 Å². The van der Waals surface area contributed by atoms with Crippen LogP contribution in [-0.2, 0) is 21.1 Å². The summed E-state index contributed by atoms with van der Waals surface area (Å²) >= 11 is 0. The van der Waals surface area contributed by atoms with Gasteiger partial charge in [0, 0.05) is 11.4 Å². The van der Waals surface area contributed by atoms with Crippen LogP contribution in [0.3, 0.4) is 0 Å². The van der Waals surface area contributed by atoms with Gasteiger partial charge in [0.1, 0.15) is 6.54 Å². The van der Waals surface area contributed by atoms with Gasteiger partial charge in [-0.3, -0.25) is 9.69 Å². The Bertz CT molecular complexity index is 1110. The van der Waals surface area contributed by atoms with Crippen molar-refractivity contribution >= 4 is 33.2 Å². The highest BCUT2D eigenvalue weighted by Gasteiger charge is 2.54. The first-order valence-electron chi connectivity index (χ1n) is 10.4. The van der Waals surface area contributed by atoms with Crippen LogP contribution in [0.15, 0.2) is 42.5 Å². The first kappa shape index (κ1) is 21.4. The molecule has 0 aromatic heterocycles. The summed E-state index contributed by atoms with van der Waals surface area (Å²) in [5.41, 5.74) is 4.51. The van der Waals surface area contributed by atoms with Crippen LogP contribution < -0.4 is 10.2 Å². The minimum Gasteiger partial charge on any atom is -0.325 e. The summed E-state index contributed by atoms with van der Waals surface area (Å²) in [6, 6.07) is 12.0. The number of sulfone groups is 1. The van der Waals surface area contributed by atoms with Gasteiger partial charge in [-0.05, 0) is 61.2 Å². The van der Waals surface area contributed by atoms with Crippen LogP contribution in [0, 0.1) is 13.8 Å². The third-order valence-electron chi connectivity index (χ3n) is 5.92. The number of nitrogens with one attached hydrogen (secondary N) is 1. The van der Waals surface area contributed by atoms with Gasteiger partial charge in [-0.25, -0.2) is 13.2 Å². The number of rotatable bonds is 5. The number of carbonyl (C=O) groups excluding carboxylic acids is 2. The van der Waals surface area contributed by atoms with E-state index in [4.69, 9.17) is 0 Å². The van der Waals surface area contributed by atoms with Gasteiger partial charge < -0.3 is 10.2 Å². The zero-order chi connectivity index (χ0) is 22.3. The number of hydrogen-bond donors (Lipinski definition) is 1. The van der Waals surface area contributed by atoms with Crippen LogP contribution in [0.5, 0.6) is 0 Å². The monoisotopic (exact) mass is 441 g/mol. The van der Waals surface area contributed by atoms with Crippen molar-refractivity contribution in [3.05, 3.63) is 59.2 Å². The number of nitrogens with zero attached hydrogens (tertiary/aromatic N) is 2. The molecule has 1 N–H and O–H groups in total. The number of benzene rings is 2. The number of anilines is 2. The van der Waals surface area contributed by atoms with Crippen LogP contribution in [-0.4, -0.2) is 55.4 Å². The highest BCUT2D eigenvalue weighted by molar-refractivity contribution is 7.91. The number of fused-ring (bicyclic) bond motifs is 1. The Morgan fingerprint density at radius 3 is 2.26 bits per heavy atom. The summed E-state index contributed by atoms with van der Waals surface area (Å²) in [6.45, 7) is 5.75. The fraction of sp³-hybridized carbons (Fsp3) is 0.391. The molecule has 3 amide bonds. The fourth-order valence-electron chi connectivity index (χ4n) is 4.56. The van der Waals surface area contributed by atoms with E-state index in [-0.39, 0.29) is 30.0 Å². The molecule has 7 nitrogen and oxygen atoms in total.